The number of aryl methyl sites for hydroxylation is 1. The van der Waals surface area contributed by atoms with E-state index in [1.807, 2.05) is 0 Å². The van der Waals surface area contributed by atoms with Gasteiger partial charge in [-0.25, -0.2) is 4.98 Å². The predicted molar refractivity (Wildman–Crippen MR) is 96.3 cm³/mol. The fourth-order valence-corrected chi connectivity index (χ4v) is 3.22. The first kappa shape index (κ1) is 17.5. The Morgan fingerprint density at radius 3 is 2.69 bits per heavy atom. The molecule has 3 rings (SSSR count). The number of pyridine rings is 1. The van der Waals surface area contributed by atoms with Crippen molar-refractivity contribution in [3.63, 3.8) is 0 Å². The van der Waals surface area contributed by atoms with Crippen LogP contribution >= 0.6 is 11.3 Å². The molecule has 0 bridgehead atoms. The van der Waals surface area contributed by atoms with Crippen molar-refractivity contribution in [2.75, 3.05) is 19.5 Å². The topological polar surface area (TPSA) is 116 Å². The van der Waals surface area contributed by atoms with E-state index in [1.165, 1.54) is 43.9 Å². The average Bonchev–Trinajstić information content (AvgIpc) is 3.03. The quantitative estimate of drug-likeness (QED) is 0.538. The van der Waals surface area contributed by atoms with E-state index in [9.17, 15) is 14.9 Å². The number of amides is 1. The molecule has 0 radical (unpaired) electrons. The van der Waals surface area contributed by atoms with Crippen LogP contribution in [-0.4, -0.2) is 35.0 Å². The Balaban J connectivity index is 2.23. The molecular formula is C16H14N4O5S. The molecule has 0 saturated carbocycles. The first-order chi connectivity index (χ1) is 12.5. The maximum Gasteiger partial charge on any atom is 0.281 e. The highest BCUT2D eigenvalue weighted by atomic mass is 32.1. The lowest BCUT2D eigenvalue weighted by Crippen LogP contribution is -2.14. The van der Waals surface area contributed by atoms with Gasteiger partial charge in [0.05, 0.1) is 41.7 Å². The molecular weight excluding hydrogens is 360 g/mol. The number of hydrogen-bond acceptors (Lipinski definition) is 8. The summed E-state index contributed by atoms with van der Waals surface area (Å²) in [4.78, 5) is 31.9. The molecule has 0 unspecified atom stereocenters. The summed E-state index contributed by atoms with van der Waals surface area (Å²) in [5.41, 5.74) is 0.541. The second-order valence-corrected chi connectivity index (χ2v) is 6.08. The average molecular weight is 374 g/mol. The molecule has 3 aromatic rings. The number of nitrogens with one attached hydrogen (secondary N) is 1. The van der Waals surface area contributed by atoms with Crippen molar-refractivity contribution in [1.82, 2.24) is 9.97 Å². The maximum atomic E-state index is 12.7. The smallest absolute Gasteiger partial charge is 0.281 e. The van der Waals surface area contributed by atoms with Crippen LogP contribution in [0.25, 0.3) is 10.8 Å². The number of nitro benzene ring substituents is 1. The standard InChI is InChI=1S/C16H14N4O5S/c1-8-7-26-16(18-8)19-15(21)13-12-9(4-5-17-13)10(20(22)23)6-11(24-2)14(12)25-3/h4-7H,1-3H3,(H,18,19,21). The van der Waals surface area contributed by atoms with Crippen LogP contribution in [0.5, 0.6) is 11.5 Å². The summed E-state index contributed by atoms with van der Waals surface area (Å²) in [6.45, 7) is 1.81. The number of hydrogen-bond donors (Lipinski definition) is 1. The number of nitro groups is 1. The number of methoxy groups -OCH3 is 2. The van der Waals surface area contributed by atoms with E-state index in [1.54, 1.807) is 12.3 Å². The number of ether oxygens (including phenoxy) is 2. The summed E-state index contributed by atoms with van der Waals surface area (Å²) in [5, 5.41) is 16.7. The van der Waals surface area contributed by atoms with Gasteiger partial charge < -0.3 is 9.47 Å². The lowest BCUT2D eigenvalue weighted by atomic mass is 10.1. The van der Waals surface area contributed by atoms with E-state index < -0.39 is 10.8 Å². The first-order valence-corrected chi connectivity index (χ1v) is 8.25. The molecule has 134 valence electrons. The summed E-state index contributed by atoms with van der Waals surface area (Å²) < 4.78 is 10.5. The number of rotatable bonds is 5. The van der Waals surface area contributed by atoms with Gasteiger partial charge in [0.2, 0.25) is 0 Å². The van der Waals surface area contributed by atoms with Crippen LogP contribution in [0.3, 0.4) is 0 Å². The summed E-state index contributed by atoms with van der Waals surface area (Å²) in [6, 6.07) is 2.72. The van der Waals surface area contributed by atoms with Gasteiger partial charge in [0, 0.05) is 11.6 Å². The van der Waals surface area contributed by atoms with Gasteiger partial charge in [0.15, 0.2) is 16.6 Å². The molecule has 1 amide bonds. The van der Waals surface area contributed by atoms with Crippen molar-refractivity contribution < 1.29 is 19.2 Å². The highest BCUT2D eigenvalue weighted by Gasteiger charge is 2.26. The fourth-order valence-electron chi connectivity index (χ4n) is 2.54. The van der Waals surface area contributed by atoms with Gasteiger partial charge in [-0.1, -0.05) is 0 Å². The molecule has 1 aromatic carbocycles. The van der Waals surface area contributed by atoms with Crippen LogP contribution < -0.4 is 14.8 Å². The van der Waals surface area contributed by atoms with Crippen molar-refractivity contribution in [2.24, 2.45) is 0 Å². The highest BCUT2D eigenvalue weighted by Crippen LogP contribution is 2.42. The fraction of sp³-hybridized carbons (Fsp3) is 0.188. The van der Waals surface area contributed by atoms with E-state index in [4.69, 9.17) is 9.47 Å². The zero-order chi connectivity index (χ0) is 18.8. The minimum Gasteiger partial charge on any atom is -0.493 e. The third-order valence-corrected chi connectivity index (χ3v) is 4.50. The number of nitrogens with zero attached hydrogens (tertiary/aromatic N) is 3. The van der Waals surface area contributed by atoms with Crippen molar-refractivity contribution in [2.45, 2.75) is 6.92 Å². The highest BCUT2D eigenvalue weighted by molar-refractivity contribution is 7.13. The van der Waals surface area contributed by atoms with Crippen molar-refractivity contribution in [1.29, 1.82) is 0 Å². The van der Waals surface area contributed by atoms with Gasteiger partial charge in [0.1, 0.15) is 5.69 Å². The maximum absolute atomic E-state index is 12.7. The molecule has 2 heterocycles. The molecule has 0 spiro atoms. The molecule has 0 aliphatic rings. The predicted octanol–water partition coefficient (Wildman–Crippen LogP) is 3.18. The SMILES string of the molecule is COc1cc([N+](=O)[O-])c2ccnc(C(=O)Nc3nc(C)cs3)c2c1OC. The van der Waals surface area contributed by atoms with E-state index in [0.717, 1.165) is 5.69 Å². The minimum atomic E-state index is -0.550. The molecule has 0 aliphatic heterocycles. The Morgan fingerprint density at radius 2 is 2.12 bits per heavy atom. The van der Waals surface area contributed by atoms with E-state index >= 15 is 0 Å². The largest absolute Gasteiger partial charge is 0.493 e. The van der Waals surface area contributed by atoms with Gasteiger partial charge in [-0.2, -0.15) is 0 Å². The van der Waals surface area contributed by atoms with Gasteiger partial charge in [0.25, 0.3) is 11.6 Å². The molecule has 0 fully saturated rings. The Labute approximate surface area is 151 Å². The molecule has 10 heteroatoms. The minimum absolute atomic E-state index is 0.0193. The summed E-state index contributed by atoms with van der Waals surface area (Å²) in [7, 11) is 2.75. The third-order valence-electron chi connectivity index (χ3n) is 3.62. The van der Waals surface area contributed by atoms with Crippen LogP contribution in [0.1, 0.15) is 16.2 Å². The molecule has 26 heavy (non-hydrogen) atoms. The van der Waals surface area contributed by atoms with Gasteiger partial charge >= 0.3 is 0 Å². The summed E-state index contributed by atoms with van der Waals surface area (Å²) in [6.07, 6.45) is 1.34. The molecule has 9 nitrogen and oxygen atoms in total. The number of anilines is 1. The van der Waals surface area contributed by atoms with Crippen LogP contribution in [0.2, 0.25) is 0 Å². The molecule has 2 aromatic heterocycles. The van der Waals surface area contributed by atoms with Crippen molar-refractivity contribution >= 4 is 38.8 Å². The third kappa shape index (κ3) is 3.02. The van der Waals surface area contributed by atoms with Crippen LogP contribution in [0.4, 0.5) is 10.8 Å². The summed E-state index contributed by atoms with van der Waals surface area (Å²) in [5.74, 6) is -0.216. The molecule has 0 saturated heterocycles. The van der Waals surface area contributed by atoms with Gasteiger partial charge in [-0.05, 0) is 13.0 Å². The number of benzene rings is 1. The lowest BCUT2D eigenvalue weighted by Gasteiger charge is -2.13. The Hall–Kier alpha value is -3.27. The van der Waals surface area contributed by atoms with E-state index in [2.05, 4.69) is 15.3 Å². The number of thiazole rings is 1. The second kappa shape index (κ2) is 6.92. The molecule has 0 atom stereocenters. The molecule has 0 aliphatic carbocycles. The Bertz CT molecular complexity index is 1020. The number of fused-ring (bicyclic) bond motifs is 1. The van der Waals surface area contributed by atoms with E-state index in [0.29, 0.717) is 5.13 Å². The number of carbonyl (C=O) groups excluding carboxylic acids is 1. The monoisotopic (exact) mass is 374 g/mol. The van der Waals surface area contributed by atoms with Crippen LogP contribution in [0.15, 0.2) is 23.7 Å². The van der Waals surface area contributed by atoms with Gasteiger partial charge in [-0.15, -0.1) is 11.3 Å². The second-order valence-electron chi connectivity index (χ2n) is 5.22. The van der Waals surface area contributed by atoms with Crippen LogP contribution in [0, 0.1) is 17.0 Å². The normalized spacial score (nSPS) is 10.6. The lowest BCUT2D eigenvalue weighted by molar-refractivity contribution is -0.383. The van der Waals surface area contributed by atoms with Crippen molar-refractivity contribution in [3.05, 3.63) is 45.2 Å². The summed E-state index contributed by atoms with van der Waals surface area (Å²) >= 11 is 1.27. The first-order valence-electron chi connectivity index (χ1n) is 7.37. The number of non-ortho nitro benzene ring substituents is 1. The number of aromatic nitrogens is 2. The van der Waals surface area contributed by atoms with Crippen molar-refractivity contribution in [3.8, 4) is 11.5 Å². The van der Waals surface area contributed by atoms with Crippen LogP contribution in [-0.2, 0) is 0 Å². The zero-order valence-corrected chi connectivity index (χ0v) is 14.9. The number of carbonyl (C=O) groups is 1. The van der Waals surface area contributed by atoms with Gasteiger partial charge in [-0.3, -0.25) is 25.2 Å². The zero-order valence-electron chi connectivity index (χ0n) is 14.1. The molecule has 1 N–H and O–H groups in total. The van der Waals surface area contributed by atoms with E-state index in [-0.39, 0.29) is 33.7 Å². The Morgan fingerprint density at radius 1 is 1.35 bits per heavy atom. The Kier molecular flexibility index (Phi) is 4.67.